The van der Waals surface area contributed by atoms with E-state index in [-0.39, 0.29) is 0 Å². The van der Waals surface area contributed by atoms with Crippen LogP contribution in [0.4, 0.5) is 11.5 Å². The predicted octanol–water partition coefficient (Wildman–Crippen LogP) is 1.71. The second kappa shape index (κ2) is 4.53. The van der Waals surface area contributed by atoms with Crippen molar-refractivity contribution >= 4 is 11.5 Å². The Morgan fingerprint density at radius 3 is 2.71 bits per heavy atom. The van der Waals surface area contributed by atoms with E-state index in [9.17, 15) is 5.11 Å². The van der Waals surface area contributed by atoms with E-state index in [1.165, 1.54) is 0 Å². The summed E-state index contributed by atoms with van der Waals surface area (Å²) in [5.74, 6) is 0.872. The molecule has 0 atom stereocenters. The predicted molar refractivity (Wildman–Crippen MR) is 70.1 cm³/mol. The lowest BCUT2D eigenvalue weighted by Crippen LogP contribution is -2.39. The summed E-state index contributed by atoms with van der Waals surface area (Å²) < 4.78 is 0. The Hall–Kier alpha value is -1.29. The monoisotopic (exact) mass is 235 g/mol. The van der Waals surface area contributed by atoms with Gasteiger partial charge in [-0.25, -0.2) is 4.98 Å². The molecule has 1 fully saturated rings. The summed E-state index contributed by atoms with van der Waals surface area (Å²) in [5.41, 5.74) is 6.95. The van der Waals surface area contributed by atoms with Gasteiger partial charge in [0, 0.05) is 13.6 Å². The van der Waals surface area contributed by atoms with E-state index in [0.717, 1.165) is 37.1 Å². The SMILES string of the molecule is Cc1cc(N(C)CC2(O)CCCC2)ncc1N. The van der Waals surface area contributed by atoms with Crippen LogP contribution in [0.1, 0.15) is 31.2 Å². The van der Waals surface area contributed by atoms with Crippen molar-refractivity contribution in [2.75, 3.05) is 24.2 Å². The quantitative estimate of drug-likeness (QED) is 0.837. The molecule has 4 nitrogen and oxygen atoms in total. The summed E-state index contributed by atoms with van der Waals surface area (Å²) in [5, 5.41) is 10.4. The summed E-state index contributed by atoms with van der Waals surface area (Å²) in [6.45, 7) is 2.61. The van der Waals surface area contributed by atoms with Gasteiger partial charge in [0.15, 0.2) is 0 Å². The molecule has 4 heteroatoms. The van der Waals surface area contributed by atoms with E-state index in [1.807, 2.05) is 24.9 Å². The number of likely N-dealkylation sites (N-methyl/N-ethyl adjacent to an activating group) is 1. The molecule has 1 aliphatic carbocycles. The Morgan fingerprint density at radius 1 is 1.47 bits per heavy atom. The number of nitrogens with zero attached hydrogens (tertiary/aromatic N) is 2. The minimum atomic E-state index is -0.536. The number of aliphatic hydroxyl groups is 1. The Kier molecular flexibility index (Phi) is 3.24. The fraction of sp³-hybridized carbons (Fsp3) is 0.615. The molecule has 2 rings (SSSR count). The molecule has 1 aromatic rings. The Labute approximate surface area is 102 Å². The molecule has 3 N–H and O–H groups in total. The fourth-order valence-corrected chi connectivity index (χ4v) is 2.47. The normalized spacial score (nSPS) is 18.3. The minimum absolute atomic E-state index is 0.536. The molecule has 17 heavy (non-hydrogen) atoms. The molecule has 0 aliphatic heterocycles. The number of aromatic nitrogens is 1. The van der Waals surface area contributed by atoms with Crippen molar-refractivity contribution in [3.63, 3.8) is 0 Å². The first kappa shape index (κ1) is 12.2. The molecular formula is C13H21N3O. The number of nitrogen functional groups attached to an aromatic ring is 1. The maximum absolute atomic E-state index is 10.4. The Bertz CT molecular complexity index is 400. The number of rotatable bonds is 3. The van der Waals surface area contributed by atoms with E-state index in [1.54, 1.807) is 6.20 Å². The zero-order valence-corrected chi connectivity index (χ0v) is 10.6. The highest BCUT2D eigenvalue weighted by atomic mass is 16.3. The fourth-order valence-electron chi connectivity index (χ4n) is 2.47. The molecule has 1 heterocycles. The van der Waals surface area contributed by atoms with Gasteiger partial charge in [-0.2, -0.15) is 0 Å². The van der Waals surface area contributed by atoms with Gasteiger partial charge in [0.05, 0.1) is 17.5 Å². The van der Waals surface area contributed by atoms with Crippen molar-refractivity contribution in [2.45, 2.75) is 38.2 Å². The first-order chi connectivity index (χ1) is 8.00. The summed E-state index contributed by atoms with van der Waals surface area (Å²) in [7, 11) is 1.97. The van der Waals surface area contributed by atoms with Crippen LogP contribution in [0.15, 0.2) is 12.3 Å². The summed E-state index contributed by atoms with van der Waals surface area (Å²) in [4.78, 5) is 6.31. The number of aryl methyl sites for hydroxylation is 1. The number of anilines is 2. The van der Waals surface area contributed by atoms with Crippen molar-refractivity contribution in [3.8, 4) is 0 Å². The molecule has 0 unspecified atom stereocenters. The number of hydrogen-bond donors (Lipinski definition) is 2. The van der Waals surface area contributed by atoms with Crippen molar-refractivity contribution in [1.82, 2.24) is 4.98 Å². The molecule has 1 aromatic heterocycles. The second-order valence-corrected chi connectivity index (χ2v) is 5.19. The van der Waals surface area contributed by atoms with E-state index in [0.29, 0.717) is 12.2 Å². The summed E-state index contributed by atoms with van der Waals surface area (Å²) in [6, 6.07) is 1.97. The largest absolute Gasteiger partial charge is 0.397 e. The average molecular weight is 235 g/mol. The summed E-state index contributed by atoms with van der Waals surface area (Å²) in [6.07, 6.45) is 5.72. The highest BCUT2D eigenvalue weighted by molar-refractivity contribution is 5.51. The van der Waals surface area contributed by atoms with E-state index < -0.39 is 5.60 Å². The number of pyridine rings is 1. The van der Waals surface area contributed by atoms with Crippen LogP contribution in [0.5, 0.6) is 0 Å². The van der Waals surface area contributed by atoms with Gasteiger partial charge in [-0.1, -0.05) is 12.8 Å². The highest BCUT2D eigenvalue weighted by Gasteiger charge is 2.32. The van der Waals surface area contributed by atoms with Crippen molar-refractivity contribution in [1.29, 1.82) is 0 Å². The van der Waals surface area contributed by atoms with E-state index >= 15 is 0 Å². The van der Waals surface area contributed by atoms with E-state index in [2.05, 4.69) is 4.98 Å². The summed E-state index contributed by atoms with van der Waals surface area (Å²) >= 11 is 0. The van der Waals surface area contributed by atoms with E-state index in [4.69, 9.17) is 5.73 Å². The first-order valence-corrected chi connectivity index (χ1v) is 6.16. The minimum Gasteiger partial charge on any atom is -0.397 e. The molecule has 0 amide bonds. The van der Waals surface area contributed by atoms with Crippen LogP contribution in [0.3, 0.4) is 0 Å². The van der Waals surface area contributed by atoms with Gasteiger partial charge in [0.25, 0.3) is 0 Å². The highest BCUT2D eigenvalue weighted by Crippen LogP contribution is 2.31. The third kappa shape index (κ3) is 2.69. The molecule has 1 aliphatic rings. The molecule has 1 saturated carbocycles. The van der Waals surface area contributed by atoms with Crippen LogP contribution in [-0.2, 0) is 0 Å². The lowest BCUT2D eigenvalue weighted by Gasteiger charge is -2.29. The standard InChI is InChI=1S/C13H21N3O/c1-10-7-12(15-8-11(10)14)16(2)9-13(17)5-3-4-6-13/h7-8,17H,3-6,9,14H2,1-2H3. The van der Waals surface area contributed by atoms with Gasteiger partial charge in [-0.3, -0.25) is 0 Å². The number of nitrogens with two attached hydrogens (primary N) is 1. The van der Waals surface area contributed by atoms with Gasteiger partial charge >= 0.3 is 0 Å². The molecule has 0 saturated heterocycles. The first-order valence-electron chi connectivity index (χ1n) is 6.16. The molecule has 0 spiro atoms. The number of hydrogen-bond acceptors (Lipinski definition) is 4. The van der Waals surface area contributed by atoms with Gasteiger partial charge < -0.3 is 15.7 Å². The zero-order chi connectivity index (χ0) is 12.5. The lowest BCUT2D eigenvalue weighted by atomic mass is 10.0. The molecule has 94 valence electrons. The second-order valence-electron chi connectivity index (χ2n) is 5.19. The maximum atomic E-state index is 10.4. The zero-order valence-electron chi connectivity index (χ0n) is 10.6. The molecular weight excluding hydrogens is 214 g/mol. The van der Waals surface area contributed by atoms with Crippen LogP contribution in [-0.4, -0.2) is 29.3 Å². The van der Waals surface area contributed by atoms with Gasteiger partial charge in [0.2, 0.25) is 0 Å². The van der Waals surface area contributed by atoms with Crippen molar-refractivity contribution in [3.05, 3.63) is 17.8 Å². The third-order valence-electron chi connectivity index (χ3n) is 3.59. The molecule has 0 bridgehead atoms. The van der Waals surface area contributed by atoms with Crippen LogP contribution >= 0.6 is 0 Å². The third-order valence-corrected chi connectivity index (χ3v) is 3.59. The van der Waals surface area contributed by atoms with Crippen LogP contribution in [0.25, 0.3) is 0 Å². The van der Waals surface area contributed by atoms with Crippen molar-refractivity contribution in [2.24, 2.45) is 0 Å². The van der Waals surface area contributed by atoms with Crippen molar-refractivity contribution < 1.29 is 5.11 Å². The smallest absolute Gasteiger partial charge is 0.128 e. The molecule has 0 radical (unpaired) electrons. The lowest BCUT2D eigenvalue weighted by molar-refractivity contribution is 0.0558. The van der Waals surface area contributed by atoms with Crippen LogP contribution in [0.2, 0.25) is 0 Å². The van der Waals surface area contributed by atoms with Gasteiger partial charge in [0.1, 0.15) is 5.82 Å². The van der Waals surface area contributed by atoms with Crippen LogP contribution in [0, 0.1) is 6.92 Å². The molecule has 0 aromatic carbocycles. The van der Waals surface area contributed by atoms with Gasteiger partial charge in [-0.05, 0) is 31.4 Å². The Balaban J connectivity index is 2.08. The Morgan fingerprint density at radius 2 is 2.12 bits per heavy atom. The van der Waals surface area contributed by atoms with Gasteiger partial charge in [-0.15, -0.1) is 0 Å². The average Bonchev–Trinajstić information content (AvgIpc) is 2.69. The maximum Gasteiger partial charge on any atom is 0.128 e. The van der Waals surface area contributed by atoms with Crippen LogP contribution < -0.4 is 10.6 Å². The topological polar surface area (TPSA) is 62.4 Å².